The van der Waals surface area contributed by atoms with E-state index in [0.717, 1.165) is 84.4 Å². The van der Waals surface area contributed by atoms with E-state index in [4.69, 9.17) is 21.7 Å². The lowest BCUT2D eigenvalue weighted by atomic mass is 9.95. The SMILES string of the molecule is CCCN1CCc2c(NCCO)cc(C(=O)Cc3cccc(-c4cccc(NC(=O)c5ccc(CCCCO)cn5)c4C)c3Cl)nc2C1. The number of carbonyl (C=O) groups excluding carboxylic acids is 2. The molecule has 1 aliphatic rings. The molecule has 3 heterocycles. The van der Waals surface area contributed by atoms with Crippen LogP contribution >= 0.6 is 11.6 Å². The molecule has 0 saturated heterocycles. The van der Waals surface area contributed by atoms with Crippen molar-refractivity contribution in [3.05, 3.63) is 105 Å². The Balaban J connectivity index is 1.35. The normalized spacial score (nSPS) is 12.9. The van der Waals surface area contributed by atoms with Gasteiger partial charge in [0.15, 0.2) is 5.78 Å². The highest BCUT2D eigenvalue weighted by Gasteiger charge is 2.24. The summed E-state index contributed by atoms with van der Waals surface area (Å²) < 4.78 is 0. The number of aliphatic hydroxyl groups excluding tert-OH is 2. The second kappa shape index (κ2) is 16.8. The van der Waals surface area contributed by atoms with E-state index in [1.165, 1.54) is 0 Å². The molecular weight excluding hydrogens is 626 g/mol. The van der Waals surface area contributed by atoms with Gasteiger partial charge in [0.1, 0.15) is 11.4 Å². The zero-order chi connectivity index (χ0) is 34.0. The van der Waals surface area contributed by atoms with Gasteiger partial charge < -0.3 is 20.8 Å². The summed E-state index contributed by atoms with van der Waals surface area (Å²) in [7, 11) is 0. The molecule has 4 N–H and O–H groups in total. The Morgan fingerprint density at radius 2 is 1.79 bits per heavy atom. The molecule has 2 aromatic heterocycles. The number of pyridine rings is 2. The Labute approximate surface area is 287 Å². The third-order valence-electron chi connectivity index (χ3n) is 8.75. The van der Waals surface area contributed by atoms with Crippen molar-refractivity contribution in [1.82, 2.24) is 14.9 Å². The minimum atomic E-state index is -0.314. The second-order valence-corrected chi connectivity index (χ2v) is 12.6. The summed E-state index contributed by atoms with van der Waals surface area (Å²) in [5.74, 6) is -0.452. The van der Waals surface area contributed by atoms with Crippen molar-refractivity contribution < 1.29 is 19.8 Å². The number of rotatable bonds is 15. The molecule has 48 heavy (non-hydrogen) atoms. The number of carbonyl (C=O) groups is 2. The van der Waals surface area contributed by atoms with E-state index < -0.39 is 0 Å². The minimum absolute atomic E-state index is 0.00817. The first-order valence-corrected chi connectivity index (χ1v) is 17.1. The van der Waals surface area contributed by atoms with Crippen LogP contribution < -0.4 is 10.6 Å². The van der Waals surface area contributed by atoms with Gasteiger partial charge >= 0.3 is 0 Å². The number of nitrogens with zero attached hydrogens (tertiary/aromatic N) is 3. The molecule has 0 radical (unpaired) electrons. The molecular formula is C38H44ClN5O4. The van der Waals surface area contributed by atoms with Crippen molar-refractivity contribution in [1.29, 1.82) is 0 Å². The van der Waals surface area contributed by atoms with Gasteiger partial charge in [0.25, 0.3) is 5.91 Å². The number of aliphatic hydroxyl groups is 2. The number of amides is 1. The van der Waals surface area contributed by atoms with Crippen molar-refractivity contribution in [2.75, 3.05) is 43.5 Å². The minimum Gasteiger partial charge on any atom is -0.396 e. The Hall–Kier alpha value is -4.15. The molecule has 0 unspecified atom stereocenters. The molecule has 0 bridgehead atoms. The fourth-order valence-electron chi connectivity index (χ4n) is 6.18. The molecule has 0 spiro atoms. The van der Waals surface area contributed by atoms with Crippen LogP contribution in [0.4, 0.5) is 11.4 Å². The third-order valence-corrected chi connectivity index (χ3v) is 9.19. The number of unbranched alkanes of at least 4 members (excludes halogenated alkanes) is 1. The van der Waals surface area contributed by atoms with Gasteiger partial charge in [0.2, 0.25) is 0 Å². The fourth-order valence-corrected chi connectivity index (χ4v) is 6.47. The Morgan fingerprint density at radius 1 is 0.979 bits per heavy atom. The summed E-state index contributed by atoms with van der Waals surface area (Å²) in [6.45, 7) is 7.23. The number of anilines is 2. The Morgan fingerprint density at radius 3 is 2.54 bits per heavy atom. The Bertz CT molecular complexity index is 1740. The number of nitrogens with one attached hydrogen (secondary N) is 2. The van der Waals surface area contributed by atoms with Crippen LogP contribution in [0.25, 0.3) is 11.1 Å². The molecule has 9 nitrogen and oxygen atoms in total. The van der Waals surface area contributed by atoms with E-state index in [1.807, 2.05) is 49.4 Å². The van der Waals surface area contributed by atoms with Crippen LogP contribution in [0.15, 0.2) is 60.8 Å². The smallest absolute Gasteiger partial charge is 0.274 e. The first-order chi connectivity index (χ1) is 23.3. The molecule has 4 aromatic rings. The number of ketones is 1. The quantitative estimate of drug-likeness (QED) is 0.0862. The summed E-state index contributed by atoms with van der Waals surface area (Å²) in [6, 6.07) is 16.7. The van der Waals surface area contributed by atoms with Crippen molar-refractivity contribution in [3.63, 3.8) is 0 Å². The van der Waals surface area contributed by atoms with Gasteiger partial charge in [-0.2, -0.15) is 0 Å². The van der Waals surface area contributed by atoms with Crippen molar-refractivity contribution >= 4 is 34.7 Å². The monoisotopic (exact) mass is 669 g/mol. The largest absolute Gasteiger partial charge is 0.396 e. The van der Waals surface area contributed by atoms with E-state index in [1.54, 1.807) is 18.3 Å². The summed E-state index contributed by atoms with van der Waals surface area (Å²) in [5.41, 5.74) is 8.35. The average molecular weight is 670 g/mol. The van der Waals surface area contributed by atoms with E-state index in [-0.39, 0.29) is 31.3 Å². The molecule has 0 atom stereocenters. The number of aryl methyl sites for hydroxylation is 1. The van der Waals surface area contributed by atoms with Crippen LogP contribution in [0.3, 0.4) is 0 Å². The van der Waals surface area contributed by atoms with E-state index in [9.17, 15) is 14.7 Å². The topological polar surface area (TPSA) is 128 Å². The number of aromatic nitrogens is 2. The standard InChI is InChI=1S/C38H44ClN5O4/c1-3-17-44-18-15-30-33(40-16-20-46)22-34(42-35(30)24-44)36(47)21-27-9-6-11-29(37(27)39)28-10-7-12-31(25(28)2)43-38(48)32-14-13-26(23-41-32)8-4-5-19-45/h6-7,9-14,22-23,45-46H,3-5,8,15-21,24H2,1-2H3,(H,40,42)(H,43,48). The number of benzene rings is 2. The number of hydrogen-bond donors (Lipinski definition) is 4. The van der Waals surface area contributed by atoms with Crippen molar-refractivity contribution in [2.45, 2.75) is 58.9 Å². The van der Waals surface area contributed by atoms with E-state index >= 15 is 0 Å². The van der Waals surface area contributed by atoms with Gasteiger partial charge in [-0.15, -0.1) is 0 Å². The van der Waals surface area contributed by atoms with Gasteiger partial charge in [-0.1, -0.05) is 54.9 Å². The molecule has 2 aromatic carbocycles. The Kier molecular flexibility index (Phi) is 12.3. The highest BCUT2D eigenvalue weighted by molar-refractivity contribution is 6.34. The molecule has 0 fully saturated rings. The number of Topliss-reactive ketones (excluding diaryl/α,β-unsaturated/α-hetero) is 1. The van der Waals surface area contributed by atoms with Crippen LogP contribution in [0.5, 0.6) is 0 Å². The third kappa shape index (κ3) is 8.46. The summed E-state index contributed by atoms with van der Waals surface area (Å²) >= 11 is 7.00. The lowest BCUT2D eigenvalue weighted by Gasteiger charge is -2.29. The second-order valence-electron chi connectivity index (χ2n) is 12.2. The van der Waals surface area contributed by atoms with E-state index in [0.29, 0.717) is 40.8 Å². The maximum absolute atomic E-state index is 13.7. The van der Waals surface area contributed by atoms with Crippen LogP contribution in [-0.4, -0.2) is 69.6 Å². The summed E-state index contributed by atoms with van der Waals surface area (Å²) in [4.78, 5) is 38.3. The molecule has 1 amide bonds. The van der Waals surface area contributed by atoms with Crippen LogP contribution in [0.1, 0.15) is 75.1 Å². The fraction of sp³-hybridized carbons (Fsp3) is 0.368. The lowest BCUT2D eigenvalue weighted by Crippen LogP contribution is -2.33. The predicted molar refractivity (Wildman–Crippen MR) is 191 cm³/mol. The highest BCUT2D eigenvalue weighted by Crippen LogP contribution is 2.36. The molecule has 252 valence electrons. The first kappa shape index (κ1) is 35.2. The van der Waals surface area contributed by atoms with Crippen LogP contribution in [0.2, 0.25) is 5.02 Å². The maximum atomic E-state index is 13.7. The van der Waals surface area contributed by atoms with Crippen LogP contribution in [-0.2, 0) is 25.8 Å². The molecule has 0 saturated carbocycles. The van der Waals surface area contributed by atoms with Gasteiger partial charge in [-0.05, 0) is 91.6 Å². The molecule has 5 rings (SSSR count). The van der Waals surface area contributed by atoms with Gasteiger partial charge in [-0.3, -0.25) is 19.5 Å². The molecule has 10 heteroatoms. The number of fused-ring (bicyclic) bond motifs is 1. The number of halogens is 1. The van der Waals surface area contributed by atoms with Gasteiger partial charge in [0.05, 0.1) is 17.3 Å². The lowest BCUT2D eigenvalue weighted by molar-refractivity contribution is 0.0985. The number of hydrogen-bond acceptors (Lipinski definition) is 8. The summed E-state index contributed by atoms with van der Waals surface area (Å²) in [5, 5.41) is 25.2. The zero-order valence-electron chi connectivity index (χ0n) is 27.7. The molecule has 1 aliphatic heterocycles. The van der Waals surface area contributed by atoms with Gasteiger partial charge in [-0.25, -0.2) is 4.98 Å². The van der Waals surface area contributed by atoms with Gasteiger partial charge in [0, 0.05) is 55.8 Å². The average Bonchev–Trinajstić information content (AvgIpc) is 3.09. The van der Waals surface area contributed by atoms with Crippen molar-refractivity contribution in [3.8, 4) is 11.1 Å². The van der Waals surface area contributed by atoms with Crippen LogP contribution in [0, 0.1) is 6.92 Å². The maximum Gasteiger partial charge on any atom is 0.274 e. The van der Waals surface area contributed by atoms with E-state index in [2.05, 4.69) is 27.4 Å². The molecule has 0 aliphatic carbocycles. The summed E-state index contributed by atoms with van der Waals surface area (Å²) in [6.07, 6.45) is 6.06. The first-order valence-electron chi connectivity index (χ1n) is 16.7. The van der Waals surface area contributed by atoms with Crippen molar-refractivity contribution in [2.24, 2.45) is 0 Å². The predicted octanol–water partition coefficient (Wildman–Crippen LogP) is 6.27. The highest BCUT2D eigenvalue weighted by atomic mass is 35.5. The zero-order valence-corrected chi connectivity index (χ0v) is 28.4.